The highest BCUT2D eigenvalue weighted by Crippen LogP contribution is 2.27. The number of sulfonamides is 1. The molecule has 0 saturated carbocycles. The number of hydrogen-bond donors (Lipinski definition) is 1. The minimum Gasteiger partial charge on any atom is -0.311 e. The number of para-hydroxylation sites is 1. The van der Waals surface area contributed by atoms with Crippen LogP contribution < -0.4 is 9.62 Å². The Morgan fingerprint density at radius 2 is 1.74 bits per heavy atom. The highest BCUT2D eigenvalue weighted by molar-refractivity contribution is 7.88. The van der Waals surface area contributed by atoms with Crippen molar-refractivity contribution >= 4 is 21.6 Å². The molecular weight excluding hydrogens is 312 g/mol. The number of fused-ring (bicyclic) bond motifs is 1. The lowest BCUT2D eigenvalue weighted by Gasteiger charge is -2.17. The van der Waals surface area contributed by atoms with E-state index in [1.165, 1.54) is 0 Å². The smallest absolute Gasteiger partial charge is 0.242 e. The summed E-state index contributed by atoms with van der Waals surface area (Å²) in [4.78, 5) is 13.9. The molecule has 1 heterocycles. The van der Waals surface area contributed by atoms with E-state index in [0.29, 0.717) is 12.1 Å². The van der Waals surface area contributed by atoms with E-state index in [9.17, 15) is 13.2 Å². The summed E-state index contributed by atoms with van der Waals surface area (Å²) in [5.74, 6) is -0.357. The maximum Gasteiger partial charge on any atom is 0.242 e. The first kappa shape index (κ1) is 15.7. The monoisotopic (exact) mass is 330 g/mol. The summed E-state index contributed by atoms with van der Waals surface area (Å²) < 4.78 is 26.6. The molecule has 0 fully saturated rings. The molecule has 0 atom stereocenters. The van der Waals surface area contributed by atoms with Crippen LogP contribution in [-0.4, -0.2) is 27.4 Å². The Hall–Kier alpha value is -2.18. The van der Waals surface area contributed by atoms with Crippen LogP contribution in [0.4, 0.5) is 5.69 Å². The van der Waals surface area contributed by atoms with Gasteiger partial charge in [0.05, 0.1) is 12.3 Å². The molecule has 2 aromatic carbocycles. The summed E-state index contributed by atoms with van der Waals surface area (Å²) in [7, 11) is -3.53. The Kier molecular flexibility index (Phi) is 4.45. The van der Waals surface area contributed by atoms with E-state index in [-0.39, 0.29) is 18.2 Å². The van der Waals surface area contributed by atoms with Crippen molar-refractivity contribution in [1.82, 2.24) is 4.72 Å². The third kappa shape index (κ3) is 3.78. The topological polar surface area (TPSA) is 66.5 Å². The van der Waals surface area contributed by atoms with Crippen LogP contribution in [0.25, 0.3) is 0 Å². The first-order chi connectivity index (χ1) is 11.1. The Labute approximate surface area is 136 Å². The molecule has 0 aromatic heterocycles. The Morgan fingerprint density at radius 3 is 2.52 bits per heavy atom. The number of carbonyl (C=O) groups is 1. The van der Waals surface area contributed by atoms with Crippen LogP contribution in [0.5, 0.6) is 0 Å². The van der Waals surface area contributed by atoms with Crippen molar-refractivity contribution in [3.63, 3.8) is 0 Å². The van der Waals surface area contributed by atoms with Gasteiger partial charge < -0.3 is 4.90 Å². The number of benzene rings is 2. The average molecular weight is 330 g/mol. The molecule has 6 heteroatoms. The summed E-state index contributed by atoms with van der Waals surface area (Å²) in [6.45, 7) is 0.377. The second-order valence-corrected chi connectivity index (χ2v) is 7.30. The molecule has 0 spiro atoms. The zero-order valence-electron chi connectivity index (χ0n) is 12.6. The van der Waals surface area contributed by atoms with E-state index >= 15 is 0 Å². The number of nitrogens with one attached hydrogen (secondary N) is 1. The maximum absolute atomic E-state index is 12.3. The lowest BCUT2D eigenvalue weighted by Crippen LogP contribution is -2.39. The molecule has 0 aliphatic carbocycles. The largest absolute Gasteiger partial charge is 0.311 e. The molecule has 1 N–H and O–H groups in total. The molecule has 3 rings (SSSR count). The zero-order chi connectivity index (χ0) is 16.3. The van der Waals surface area contributed by atoms with Crippen molar-refractivity contribution in [3.8, 4) is 0 Å². The summed E-state index contributed by atoms with van der Waals surface area (Å²) >= 11 is 0. The van der Waals surface area contributed by atoms with Gasteiger partial charge in [0.1, 0.15) is 0 Å². The highest BCUT2D eigenvalue weighted by atomic mass is 32.2. The molecule has 0 radical (unpaired) electrons. The number of amides is 1. The molecule has 5 nitrogen and oxygen atoms in total. The van der Waals surface area contributed by atoms with Crippen LogP contribution in [0.3, 0.4) is 0 Å². The summed E-state index contributed by atoms with van der Waals surface area (Å²) in [6, 6.07) is 16.6. The van der Waals surface area contributed by atoms with E-state index < -0.39 is 10.0 Å². The number of nitrogens with zero attached hydrogens (tertiary/aromatic N) is 1. The molecular formula is C17H18N2O3S. The van der Waals surface area contributed by atoms with Gasteiger partial charge in [-0.05, 0) is 23.6 Å². The quantitative estimate of drug-likeness (QED) is 0.907. The van der Waals surface area contributed by atoms with E-state index in [0.717, 1.165) is 17.7 Å². The minimum absolute atomic E-state index is 0.127. The predicted octanol–water partition coefficient (Wildman–Crippen LogP) is 1.70. The van der Waals surface area contributed by atoms with Gasteiger partial charge in [-0.3, -0.25) is 4.79 Å². The van der Waals surface area contributed by atoms with Crippen LogP contribution in [0.1, 0.15) is 11.1 Å². The number of carbonyl (C=O) groups excluding carboxylic acids is 1. The van der Waals surface area contributed by atoms with Gasteiger partial charge in [-0.2, -0.15) is 0 Å². The van der Waals surface area contributed by atoms with Crippen molar-refractivity contribution in [2.24, 2.45) is 0 Å². The van der Waals surface area contributed by atoms with Gasteiger partial charge in [-0.25, -0.2) is 13.1 Å². The summed E-state index contributed by atoms with van der Waals surface area (Å²) in [5.41, 5.74) is 2.69. The fourth-order valence-electron chi connectivity index (χ4n) is 2.71. The molecule has 0 bridgehead atoms. The van der Waals surface area contributed by atoms with Crippen LogP contribution in [-0.2, 0) is 27.0 Å². The first-order valence-electron chi connectivity index (χ1n) is 7.45. The standard InChI is InChI=1S/C17H18N2O3S/c20-17(19-11-10-15-8-4-5-9-16(15)19)12-18-23(21,22)13-14-6-2-1-3-7-14/h1-9,18H,10-13H2. The predicted molar refractivity (Wildman–Crippen MR) is 89.6 cm³/mol. The summed E-state index contributed by atoms with van der Waals surface area (Å²) in [5, 5.41) is 0. The maximum atomic E-state index is 12.3. The Bertz CT molecular complexity index is 804. The van der Waals surface area contributed by atoms with Gasteiger partial charge in [0.15, 0.2) is 0 Å². The third-order valence-electron chi connectivity index (χ3n) is 3.83. The van der Waals surface area contributed by atoms with Gasteiger partial charge in [0.25, 0.3) is 0 Å². The van der Waals surface area contributed by atoms with Crippen molar-refractivity contribution < 1.29 is 13.2 Å². The van der Waals surface area contributed by atoms with E-state index in [1.807, 2.05) is 30.3 Å². The van der Waals surface area contributed by atoms with Gasteiger partial charge in [-0.1, -0.05) is 48.5 Å². The van der Waals surface area contributed by atoms with E-state index in [2.05, 4.69) is 4.72 Å². The Balaban J connectivity index is 1.61. The first-order valence-corrected chi connectivity index (χ1v) is 9.10. The SMILES string of the molecule is O=C(CNS(=O)(=O)Cc1ccccc1)N1CCc2ccccc21. The molecule has 0 unspecified atom stereocenters. The molecule has 23 heavy (non-hydrogen) atoms. The van der Waals surface area contributed by atoms with Crippen molar-refractivity contribution in [3.05, 3.63) is 65.7 Å². The molecule has 1 aliphatic heterocycles. The summed E-state index contributed by atoms with van der Waals surface area (Å²) in [6.07, 6.45) is 0.804. The Morgan fingerprint density at radius 1 is 1.04 bits per heavy atom. The van der Waals surface area contributed by atoms with E-state index in [1.54, 1.807) is 29.2 Å². The van der Waals surface area contributed by atoms with Gasteiger partial charge in [0.2, 0.25) is 15.9 Å². The molecule has 0 saturated heterocycles. The third-order valence-corrected chi connectivity index (χ3v) is 5.13. The fraction of sp³-hybridized carbons (Fsp3) is 0.235. The minimum atomic E-state index is -3.53. The van der Waals surface area contributed by atoms with Crippen molar-refractivity contribution in [2.45, 2.75) is 12.2 Å². The molecule has 120 valence electrons. The second kappa shape index (κ2) is 6.52. The normalized spacial score (nSPS) is 13.8. The molecule has 2 aromatic rings. The highest BCUT2D eigenvalue weighted by Gasteiger charge is 2.25. The average Bonchev–Trinajstić information content (AvgIpc) is 2.97. The molecule has 1 amide bonds. The van der Waals surface area contributed by atoms with E-state index in [4.69, 9.17) is 0 Å². The van der Waals surface area contributed by atoms with Gasteiger partial charge in [-0.15, -0.1) is 0 Å². The number of anilines is 1. The number of rotatable bonds is 5. The lowest BCUT2D eigenvalue weighted by atomic mass is 10.2. The van der Waals surface area contributed by atoms with Crippen LogP contribution in [0.2, 0.25) is 0 Å². The van der Waals surface area contributed by atoms with Crippen LogP contribution >= 0.6 is 0 Å². The van der Waals surface area contributed by atoms with Gasteiger partial charge >= 0.3 is 0 Å². The van der Waals surface area contributed by atoms with Gasteiger partial charge in [0, 0.05) is 12.2 Å². The second-order valence-electron chi connectivity index (χ2n) is 5.49. The van der Waals surface area contributed by atoms with Crippen molar-refractivity contribution in [1.29, 1.82) is 0 Å². The van der Waals surface area contributed by atoms with Crippen LogP contribution in [0, 0.1) is 0 Å². The van der Waals surface area contributed by atoms with Crippen molar-refractivity contribution in [2.75, 3.05) is 18.0 Å². The van der Waals surface area contributed by atoms with Crippen LogP contribution in [0.15, 0.2) is 54.6 Å². The number of hydrogen-bond acceptors (Lipinski definition) is 3. The lowest BCUT2D eigenvalue weighted by molar-refractivity contribution is -0.117. The zero-order valence-corrected chi connectivity index (χ0v) is 13.4. The fourth-order valence-corrected chi connectivity index (χ4v) is 3.79. The molecule has 1 aliphatic rings.